The molecule has 4 saturated carbocycles. The molecule has 10 atom stereocenters. The van der Waals surface area contributed by atoms with Crippen LogP contribution in [-0.2, 0) is 28.7 Å². The van der Waals surface area contributed by atoms with Gasteiger partial charge in [-0.1, -0.05) is 59.2 Å². The Bertz CT molecular complexity index is 1740. The van der Waals surface area contributed by atoms with Crippen LogP contribution in [0.25, 0.3) is 6.08 Å². The number of thioether (sulfide) groups is 1. The molecule has 6 rings (SSSR count). The van der Waals surface area contributed by atoms with E-state index < -0.39 is 17.4 Å². The van der Waals surface area contributed by atoms with Crippen LogP contribution in [0.2, 0.25) is 0 Å². The number of halogens is 1. The number of fused-ring (bicyclic) bond motifs is 7. The van der Waals surface area contributed by atoms with E-state index >= 15 is 0 Å². The van der Waals surface area contributed by atoms with E-state index in [9.17, 15) is 19.2 Å². The van der Waals surface area contributed by atoms with Crippen molar-refractivity contribution in [2.75, 3.05) is 19.1 Å². The summed E-state index contributed by atoms with van der Waals surface area (Å²) < 4.78 is 17.0. The lowest BCUT2D eigenvalue weighted by Gasteiger charge is -2.70. The number of nitrogens with two attached hydrogens (primary N) is 1. The van der Waals surface area contributed by atoms with Gasteiger partial charge in [-0.3, -0.25) is 14.4 Å². The molecule has 0 unspecified atom stereocenters. The first-order chi connectivity index (χ1) is 25.3. The van der Waals surface area contributed by atoms with E-state index in [-0.39, 0.29) is 81.1 Å². The molecule has 55 heavy (non-hydrogen) atoms. The van der Waals surface area contributed by atoms with Gasteiger partial charge in [0, 0.05) is 17.4 Å². The average molecular weight is 799 g/mol. The number of hydrogen-bond donors (Lipinski definition) is 1. The highest BCUT2D eigenvalue weighted by atomic mass is 35.5. The molecule has 0 amide bonds. The van der Waals surface area contributed by atoms with Crippen molar-refractivity contribution < 1.29 is 33.4 Å². The molecule has 8 nitrogen and oxygen atoms in total. The van der Waals surface area contributed by atoms with Crippen LogP contribution in [0.3, 0.4) is 0 Å². The minimum absolute atomic E-state index is 0. The Balaban J connectivity index is 0.00000580. The van der Waals surface area contributed by atoms with Crippen molar-refractivity contribution in [1.29, 1.82) is 0 Å². The van der Waals surface area contributed by atoms with Gasteiger partial charge in [-0.15, -0.1) is 12.4 Å². The molecule has 5 aliphatic rings. The van der Waals surface area contributed by atoms with Gasteiger partial charge in [0.05, 0.1) is 12.5 Å². The van der Waals surface area contributed by atoms with Crippen molar-refractivity contribution in [2.24, 2.45) is 56.0 Å². The summed E-state index contributed by atoms with van der Waals surface area (Å²) in [6, 6.07) is 6.55. The third-order valence-electron chi connectivity index (χ3n) is 15.9. The van der Waals surface area contributed by atoms with Crippen molar-refractivity contribution in [3.63, 3.8) is 0 Å². The average Bonchev–Trinajstić information content (AvgIpc) is 3.12. The number of carbonyl (C=O) groups excluding carboxylic acids is 4. The van der Waals surface area contributed by atoms with Crippen molar-refractivity contribution in [3.8, 4) is 5.75 Å². The molecule has 1 aromatic rings. The van der Waals surface area contributed by atoms with Crippen LogP contribution >= 0.6 is 24.2 Å². The molecular formula is C45H64ClNO7S. The predicted octanol–water partition coefficient (Wildman–Crippen LogP) is 9.17. The number of hydrogen-bond acceptors (Lipinski definition) is 9. The summed E-state index contributed by atoms with van der Waals surface area (Å²) in [7, 11) is 1.33. The lowest BCUT2D eigenvalue weighted by molar-refractivity contribution is -0.211. The van der Waals surface area contributed by atoms with Gasteiger partial charge in [0.2, 0.25) is 0 Å². The summed E-state index contributed by atoms with van der Waals surface area (Å²) in [6.45, 7) is 16.1. The zero-order valence-corrected chi connectivity index (χ0v) is 36.1. The first-order valence-corrected chi connectivity index (χ1v) is 21.5. The summed E-state index contributed by atoms with van der Waals surface area (Å²) in [4.78, 5) is 53.7. The van der Waals surface area contributed by atoms with Crippen LogP contribution in [0.1, 0.15) is 118 Å². The van der Waals surface area contributed by atoms with Crippen molar-refractivity contribution >= 4 is 53.9 Å². The normalized spacial score (nSPS) is 38.1. The summed E-state index contributed by atoms with van der Waals surface area (Å²) >= 11 is 1.68. The zero-order valence-electron chi connectivity index (χ0n) is 34.5. The molecule has 0 aliphatic heterocycles. The van der Waals surface area contributed by atoms with Gasteiger partial charge in [-0.25, -0.2) is 4.79 Å². The molecule has 0 spiro atoms. The monoisotopic (exact) mass is 797 g/mol. The van der Waals surface area contributed by atoms with E-state index in [4.69, 9.17) is 19.9 Å². The zero-order chi connectivity index (χ0) is 39.5. The van der Waals surface area contributed by atoms with E-state index in [1.54, 1.807) is 36.0 Å². The van der Waals surface area contributed by atoms with Gasteiger partial charge in [-0.2, -0.15) is 11.8 Å². The van der Waals surface area contributed by atoms with E-state index in [0.717, 1.165) is 62.7 Å². The SMILES string of the molecule is COC(=O)/C=C/c1cccc(OC(=O)[C@@]2(C)CC[C@]3(C)CC[C@]4(C)C(=CC(=O)[C@@H]5[C@@]6(C)CC[C@H](OC(=O)[C@@H](N)CCSC)C(C)(C)[C@@H]6CC[C@]54C)[C@H]3C2)c1.Cl. The minimum Gasteiger partial charge on any atom is -0.466 e. The standard InChI is InChI=1S/C45H63NO7S.ClH/c1-40(2)34-15-19-45(7)37(43(34,5)18-16-35(40)53-38(49)32(46)17-24-54-9)33(47)26-30-31-27-42(4,21-20-41(31,3)22-23-44(30,45)6)39(50)52-29-12-10-11-28(25-29)13-14-36(48)51-8;/h10-14,25-26,31-32,34-35,37H,15-24,27,46H2,1-9H3;1H/b14-13+;/t31-,32+,34+,35+,37-,41-,42+,43+,44-,45-;/m1./s1. The fraction of sp³-hybridized carbons (Fsp3) is 0.689. The van der Waals surface area contributed by atoms with E-state index in [0.29, 0.717) is 18.6 Å². The molecular weight excluding hydrogens is 734 g/mol. The maximum atomic E-state index is 14.9. The molecule has 2 N–H and O–H groups in total. The topological polar surface area (TPSA) is 122 Å². The Morgan fingerprint density at radius 3 is 2.38 bits per heavy atom. The highest BCUT2D eigenvalue weighted by Crippen LogP contribution is 2.75. The molecule has 4 fully saturated rings. The first-order valence-electron chi connectivity index (χ1n) is 20.1. The van der Waals surface area contributed by atoms with Crippen molar-refractivity contribution in [1.82, 2.24) is 0 Å². The molecule has 5 aliphatic carbocycles. The van der Waals surface area contributed by atoms with Crippen LogP contribution < -0.4 is 10.5 Å². The summed E-state index contributed by atoms with van der Waals surface area (Å²) in [5, 5.41) is 0. The number of esters is 3. The van der Waals surface area contributed by atoms with Gasteiger partial charge < -0.3 is 19.9 Å². The second-order valence-electron chi connectivity index (χ2n) is 19.2. The number of rotatable bonds is 9. The molecule has 0 radical (unpaired) electrons. The van der Waals surface area contributed by atoms with E-state index in [2.05, 4.69) is 41.5 Å². The number of allylic oxidation sites excluding steroid dienone is 2. The third kappa shape index (κ3) is 7.37. The maximum absolute atomic E-state index is 14.9. The minimum atomic E-state index is -0.719. The largest absolute Gasteiger partial charge is 0.466 e. The van der Waals surface area contributed by atoms with E-state index in [1.165, 1.54) is 18.8 Å². The Morgan fingerprint density at radius 1 is 0.982 bits per heavy atom. The van der Waals surface area contributed by atoms with Crippen LogP contribution in [0.5, 0.6) is 5.75 Å². The van der Waals surface area contributed by atoms with Crippen LogP contribution in [-0.4, -0.2) is 55.0 Å². The fourth-order valence-corrected chi connectivity index (χ4v) is 12.8. The number of methoxy groups -OCH3 is 1. The lowest BCUT2D eigenvalue weighted by atomic mass is 9.33. The molecule has 0 aromatic heterocycles. The summed E-state index contributed by atoms with van der Waals surface area (Å²) in [5.74, 6) is 0.643. The second-order valence-corrected chi connectivity index (χ2v) is 20.2. The number of benzene rings is 1. The summed E-state index contributed by atoms with van der Waals surface area (Å²) in [6.07, 6.45) is 15.2. The Hall–Kier alpha value is -2.62. The highest BCUT2D eigenvalue weighted by molar-refractivity contribution is 7.98. The highest BCUT2D eigenvalue weighted by Gasteiger charge is 2.70. The van der Waals surface area contributed by atoms with Gasteiger partial charge in [-0.05, 0) is 146 Å². The van der Waals surface area contributed by atoms with Gasteiger partial charge in [0.15, 0.2) is 5.78 Å². The smallest absolute Gasteiger partial charge is 0.330 e. The fourth-order valence-electron chi connectivity index (χ4n) is 12.3. The molecule has 0 bridgehead atoms. The third-order valence-corrected chi connectivity index (χ3v) is 16.5. The quantitative estimate of drug-likeness (QED) is 0.148. The van der Waals surface area contributed by atoms with Crippen molar-refractivity contribution in [3.05, 3.63) is 47.6 Å². The Kier molecular flexibility index (Phi) is 12.4. The lowest BCUT2D eigenvalue weighted by Crippen LogP contribution is -2.67. The van der Waals surface area contributed by atoms with Crippen molar-refractivity contribution in [2.45, 2.75) is 125 Å². The number of carbonyl (C=O) groups is 4. The van der Waals surface area contributed by atoms with Gasteiger partial charge in [0.1, 0.15) is 17.9 Å². The molecule has 304 valence electrons. The second kappa shape index (κ2) is 15.6. The van der Waals surface area contributed by atoms with Crippen LogP contribution in [0.15, 0.2) is 42.0 Å². The van der Waals surface area contributed by atoms with Crippen LogP contribution in [0.4, 0.5) is 0 Å². The first kappa shape index (κ1) is 43.5. The Morgan fingerprint density at radius 2 is 1.69 bits per heavy atom. The number of ether oxygens (including phenoxy) is 3. The van der Waals surface area contributed by atoms with Gasteiger partial charge >= 0.3 is 17.9 Å². The molecule has 0 heterocycles. The molecule has 10 heteroatoms. The Labute approximate surface area is 339 Å². The maximum Gasteiger partial charge on any atom is 0.330 e. The predicted molar refractivity (Wildman–Crippen MR) is 221 cm³/mol. The van der Waals surface area contributed by atoms with Gasteiger partial charge in [0.25, 0.3) is 0 Å². The summed E-state index contributed by atoms with van der Waals surface area (Å²) in [5.41, 5.74) is 6.52. The molecule has 1 aromatic carbocycles. The van der Waals surface area contributed by atoms with Crippen LogP contribution in [0, 0.1) is 50.2 Å². The number of ketones is 1. The molecule has 0 saturated heterocycles. The van der Waals surface area contributed by atoms with E-state index in [1.807, 2.05) is 25.3 Å².